The summed E-state index contributed by atoms with van der Waals surface area (Å²) in [6, 6.07) is 0. The van der Waals surface area contributed by atoms with Crippen molar-refractivity contribution in [2.75, 3.05) is 0 Å². The molecule has 0 aliphatic carbocycles. The Balaban J connectivity index is 3.12. The molecule has 60 valence electrons. The predicted molar refractivity (Wildman–Crippen MR) is 37.9 cm³/mol. The van der Waals surface area contributed by atoms with E-state index in [1.165, 1.54) is 0 Å². The maximum absolute atomic E-state index is 10.5. The molecule has 1 amide bonds. The molecule has 10 heavy (non-hydrogen) atoms. The van der Waals surface area contributed by atoms with E-state index in [4.69, 9.17) is 10.9 Å². The zero-order valence-corrected chi connectivity index (χ0v) is 6.13. The summed E-state index contributed by atoms with van der Waals surface area (Å²) >= 11 is 0. The topological polar surface area (TPSA) is 75.3 Å². The predicted octanol–water partition coefficient (Wildman–Crippen LogP) is -0.473. The van der Waals surface area contributed by atoms with Crippen molar-refractivity contribution in [3.63, 3.8) is 0 Å². The molecule has 0 aromatic rings. The number of carbonyl (C=O) groups excluding carboxylic acids is 1. The Labute approximate surface area is 60.4 Å². The van der Waals surface area contributed by atoms with Crippen molar-refractivity contribution >= 4 is 5.91 Å². The molecule has 0 spiro atoms. The van der Waals surface area contributed by atoms with Gasteiger partial charge in [0.1, 0.15) is 0 Å². The highest BCUT2D eigenvalue weighted by atomic mass is 16.3. The van der Waals surface area contributed by atoms with Crippen LogP contribution in [0.15, 0.2) is 0 Å². The van der Waals surface area contributed by atoms with Crippen LogP contribution in [0.1, 0.15) is 26.2 Å². The second kappa shape index (κ2) is 5.20. The third-order valence-corrected chi connectivity index (χ3v) is 1.19. The summed E-state index contributed by atoms with van der Waals surface area (Å²) in [5.74, 6) is 4.65. The molecule has 0 saturated heterocycles. The number of nitrogens with two attached hydrogens (primary N) is 1. The molecule has 4 heteroatoms. The summed E-state index contributed by atoms with van der Waals surface area (Å²) in [5.41, 5.74) is 2.02. The molecule has 0 aromatic carbocycles. The Morgan fingerprint density at radius 2 is 2.40 bits per heavy atom. The van der Waals surface area contributed by atoms with Crippen molar-refractivity contribution in [1.29, 1.82) is 0 Å². The van der Waals surface area contributed by atoms with E-state index in [0.29, 0.717) is 19.3 Å². The van der Waals surface area contributed by atoms with Gasteiger partial charge in [-0.15, -0.1) is 0 Å². The Morgan fingerprint density at radius 3 is 2.80 bits per heavy atom. The summed E-state index contributed by atoms with van der Waals surface area (Å²) in [6.45, 7) is 1.69. The lowest BCUT2D eigenvalue weighted by Gasteiger charge is -2.01. The first-order chi connectivity index (χ1) is 4.66. The van der Waals surface area contributed by atoms with Crippen LogP contribution in [0, 0.1) is 0 Å². The van der Waals surface area contributed by atoms with Gasteiger partial charge >= 0.3 is 0 Å². The molecule has 0 aliphatic heterocycles. The summed E-state index contributed by atoms with van der Waals surface area (Å²) < 4.78 is 0. The van der Waals surface area contributed by atoms with Gasteiger partial charge in [-0.25, -0.2) is 5.84 Å². The standard InChI is InChI=1S/C6H14N2O2/c1-5(9)3-2-4-6(10)8-7/h5,9H,2-4,7H2,1H3,(H,8,10). The largest absolute Gasteiger partial charge is 0.393 e. The molecule has 4 N–H and O–H groups in total. The summed E-state index contributed by atoms with van der Waals surface area (Å²) in [7, 11) is 0. The highest BCUT2D eigenvalue weighted by Crippen LogP contribution is 1.98. The van der Waals surface area contributed by atoms with Crippen molar-refractivity contribution in [3.8, 4) is 0 Å². The average molecular weight is 146 g/mol. The van der Waals surface area contributed by atoms with Crippen molar-refractivity contribution in [1.82, 2.24) is 5.43 Å². The Bertz CT molecular complexity index is 104. The minimum Gasteiger partial charge on any atom is -0.393 e. The van der Waals surface area contributed by atoms with E-state index >= 15 is 0 Å². The number of carbonyl (C=O) groups is 1. The highest BCUT2D eigenvalue weighted by Gasteiger charge is 1.99. The molecule has 1 atom stereocenters. The lowest BCUT2D eigenvalue weighted by molar-refractivity contribution is -0.121. The smallest absolute Gasteiger partial charge is 0.233 e. The third kappa shape index (κ3) is 5.53. The molecule has 0 radical (unpaired) electrons. The maximum atomic E-state index is 10.5. The maximum Gasteiger partial charge on any atom is 0.233 e. The number of rotatable bonds is 4. The van der Waals surface area contributed by atoms with Crippen LogP contribution < -0.4 is 11.3 Å². The normalized spacial score (nSPS) is 12.7. The van der Waals surface area contributed by atoms with Crippen molar-refractivity contribution in [3.05, 3.63) is 0 Å². The zero-order valence-electron chi connectivity index (χ0n) is 6.13. The molecule has 0 aromatic heterocycles. The van der Waals surface area contributed by atoms with E-state index in [2.05, 4.69) is 0 Å². The van der Waals surface area contributed by atoms with Gasteiger partial charge in [0.25, 0.3) is 0 Å². The first-order valence-corrected chi connectivity index (χ1v) is 3.34. The SMILES string of the molecule is CC(O)CCCC(=O)NN. The first-order valence-electron chi connectivity index (χ1n) is 3.34. The van der Waals surface area contributed by atoms with Crippen LogP contribution in [0.25, 0.3) is 0 Å². The van der Waals surface area contributed by atoms with Crippen LogP contribution in [-0.2, 0) is 4.79 Å². The fourth-order valence-electron chi connectivity index (χ4n) is 0.630. The number of hydrazine groups is 1. The van der Waals surface area contributed by atoms with Gasteiger partial charge in [-0.2, -0.15) is 0 Å². The van der Waals surface area contributed by atoms with Crippen molar-refractivity contribution < 1.29 is 9.90 Å². The third-order valence-electron chi connectivity index (χ3n) is 1.19. The van der Waals surface area contributed by atoms with E-state index < -0.39 is 0 Å². The van der Waals surface area contributed by atoms with Gasteiger partial charge in [-0.3, -0.25) is 10.2 Å². The van der Waals surface area contributed by atoms with Crippen LogP contribution in [0.2, 0.25) is 0 Å². The number of aliphatic hydroxyl groups is 1. The van der Waals surface area contributed by atoms with E-state index in [1.54, 1.807) is 6.92 Å². The monoisotopic (exact) mass is 146 g/mol. The van der Waals surface area contributed by atoms with E-state index in [9.17, 15) is 4.79 Å². The van der Waals surface area contributed by atoms with E-state index in [0.717, 1.165) is 0 Å². The lowest BCUT2D eigenvalue weighted by atomic mass is 10.2. The molecule has 0 heterocycles. The molecule has 0 fully saturated rings. The summed E-state index contributed by atoms with van der Waals surface area (Å²) in [6.07, 6.45) is 1.39. The molecule has 0 rings (SSSR count). The van der Waals surface area contributed by atoms with Crippen LogP contribution in [0.4, 0.5) is 0 Å². The molecular weight excluding hydrogens is 132 g/mol. The fourth-order valence-corrected chi connectivity index (χ4v) is 0.630. The Hall–Kier alpha value is -0.610. The molecule has 0 aliphatic rings. The minimum absolute atomic E-state index is 0.180. The zero-order chi connectivity index (χ0) is 7.98. The number of hydrogen-bond acceptors (Lipinski definition) is 3. The van der Waals surface area contributed by atoms with Crippen molar-refractivity contribution in [2.24, 2.45) is 5.84 Å². The van der Waals surface area contributed by atoms with Gasteiger partial charge in [0.05, 0.1) is 6.10 Å². The van der Waals surface area contributed by atoms with Crippen LogP contribution in [0.3, 0.4) is 0 Å². The van der Waals surface area contributed by atoms with Gasteiger partial charge in [0.15, 0.2) is 0 Å². The number of aliphatic hydroxyl groups excluding tert-OH is 1. The van der Waals surface area contributed by atoms with Crippen LogP contribution in [0.5, 0.6) is 0 Å². The number of amides is 1. The van der Waals surface area contributed by atoms with E-state index in [-0.39, 0.29) is 12.0 Å². The minimum atomic E-state index is -0.328. The van der Waals surface area contributed by atoms with E-state index in [1.807, 2.05) is 5.43 Å². The lowest BCUT2D eigenvalue weighted by Crippen LogP contribution is -2.29. The molecular formula is C6H14N2O2. The molecule has 0 bridgehead atoms. The second-order valence-electron chi connectivity index (χ2n) is 2.31. The molecule has 1 unspecified atom stereocenters. The van der Waals surface area contributed by atoms with Gasteiger partial charge in [0.2, 0.25) is 5.91 Å². The average Bonchev–Trinajstić information content (AvgIpc) is 1.87. The Kier molecular flexibility index (Phi) is 4.88. The number of nitrogens with one attached hydrogen (secondary N) is 1. The van der Waals surface area contributed by atoms with Crippen molar-refractivity contribution in [2.45, 2.75) is 32.3 Å². The second-order valence-corrected chi connectivity index (χ2v) is 2.31. The van der Waals surface area contributed by atoms with Gasteiger partial charge in [-0.05, 0) is 19.8 Å². The summed E-state index contributed by atoms with van der Waals surface area (Å²) in [5, 5.41) is 8.78. The quantitative estimate of drug-likeness (QED) is 0.285. The highest BCUT2D eigenvalue weighted by molar-refractivity contribution is 5.75. The summed E-state index contributed by atoms with van der Waals surface area (Å²) in [4.78, 5) is 10.5. The Morgan fingerprint density at radius 1 is 1.80 bits per heavy atom. The van der Waals surface area contributed by atoms with Gasteiger partial charge in [0, 0.05) is 6.42 Å². The molecule has 4 nitrogen and oxygen atoms in total. The van der Waals surface area contributed by atoms with Gasteiger partial charge in [-0.1, -0.05) is 0 Å². The fraction of sp³-hybridized carbons (Fsp3) is 0.833. The van der Waals surface area contributed by atoms with Crippen LogP contribution in [-0.4, -0.2) is 17.1 Å². The number of hydrogen-bond donors (Lipinski definition) is 3. The first kappa shape index (κ1) is 9.39. The molecule has 0 saturated carbocycles. The van der Waals surface area contributed by atoms with Crippen LogP contribution >= 0.6 is 0 Å². The van der Waals surface area contributed by atoms with Gasteiger partial charge < -0.3 is 5.11 Å².